The average molecular weight is 444 g/mol. The molecule has 1 fully saturated rings. The molecule has 2 heterocycles. The smallest absolute Gasteiger partial charge is 0.378 e. The number of hydrogen-bond donors (Lipinski definition) is 0. The van der Waals surface area contributed by atoms with E-state index in [4.69, 9.17) is 4.74 Å². The summed E-state index contributed by atoms with van der Waals surface area (Å²) in [6.45, 7) is 2.18. The second-order valence-electron chi connectivity index (χ2n) is 6.65. The Morgan fingerprint density at radius 1 is 1.00 bits per heavy atom. The number of morpholine rings is 1. The molecule has 160 valence electrons. The van der Waals surface area contributed by atoms with Crippen LogP contribution in [0, 0.1) is 0 Å². The molecular formula is C18H15F3N2O6S. The van der Waals surface area contributed by atoms with Crippen LogP contribution in [0.4, 0.5) is 13.2 Å². The molecule has 30 heavy (non-hydrogen) atoms. The molecule has 0 radical (unpaired) electrons. The number of nitrogens with zero attached hydrogens (tertiary/aromatic N) is 2. The van der Waals surface area contributed by atoms with Crippen molar-refractivity contribution in [2.75, 3.05) is 26.3 Å². The van der Waals surface area contributed by atoms with Crippen LogP contribution in [-0.4, -0.2) is 62.0 Å². The topological polar surface area (TPSA) is 93.2 Å². The number of hydroxylamine groups is 2. The lowest BCUT2D eigenvalue weighted by Crippen LogP contribution is -2.45. The van der Waals surface area contributed by atoms with Crippen LogP contribution in [-0.2, 0) is 23.9 Å². The van der Waals surface area contributed by atoms with E-state index < -0.39 is 27.4 Å². The van der Waals surface area contributed by atoms with Gasteiger partial charge in [0, 0.05) is 35.5 Å². The Labute approximate surface area is 169 Å². The number of allylic oxidation sites excluding steroid dienone is 2. The summed E-state index contributed by atoms with van der Waals surface area (Å²) in [4.78, 5) is 27.5. The summed E-state index contributed by atoms with van der Waals surface area (Å²) in [5, 5.41) is -0.347. The normalized spacial score (nSPS) is 19.8. The zero-order chi connectivity index (χ0) is 21.7. The van der Waals surface area contributed by atoms with Crippen molar-refractivity contribution in [3.8, 4) is 0 Å². The molecule has 12 heteroatoms. The van der Waals surface area contributed by atoms with Crippen molar-refractivity contribution in [3.63, 3.8) is 0 Å². The molecule has 0 bridgehead atoms. The van der Waals surface area contributed by atoms with Gasteiger partial charge in [0.1, 0.15) is 0 Å². The van der Waals surface area contributed by atoms with Gasteiger partial charge >= 0.3 is 15.6 Å². The van der Waals surface area contributed by atoms with E-state index in [0.29, 0.717) is 31.9 Å². The molecule has 2 aliphatic heterocycles. The molecule has 1 aromatic rings. The number of benzene rings is 1. The maximum Gasteiger partial charge on any atom is 0.525 e. The van der Waals surface area contributed by atoms with Crippen LogP contribution in [0.5, 0.6) is 0 Å². The third-order valence-electron chi connectivity index (χ3n) is 4.88. The van der Waals surface area contributed by atoms with Gasteiger partial charge in [0.15, 0.2) is 0 Å². The van der Waals surface area contributed by atoms with E-state index in [1.807, 2.05) is 11.0 Å². The lowest BCUT2D eigenvalue weighted by Gasteiger charge is -2.33. The molecule has 3 aliphatic rings. The van der Waals surface area contributed by atoms with E-state index in [9.17, 15) is 31.2 Å². The zero-order valence-corrected chi connectivity index (χ0v) is 16.1. The molecule has 0 unspecified atom stereocenters. The summed E-state index contributed by atoms with van der Waals surface area (Å²) in [5.41, 5.74) is -4.46. The van der Waals surface area contributed by atoms with Gasteiger partial charge in [-0.1, -0.05) is 24.3 Å². The number of ether oxygens (including phenoxy) is 1. The minimum absolute atomic E-state index is 0.0999. The number of carbonyl (C=O) groups is 2. The van der Waals surface area contributed by atoms with Crippen molar-refractivity contribution in [1.82, 2.24) is 9.96 Å². The summed E-state index contributed by atoms with van der Waals surface area (Å²) in [5.74, 6) is -2.56. The number of carbonyl (C=O) groups excluding carboxylic acids is 2. The highest BCUT2D eigenvalue weighted by Crippen LogP contribution is 2.39. The van der Waals surface area contributed by atoms with Crippen LogP contribution in [0.2, 0.25) is 0 Å². The molecule has 0 spiro atoms. The fourth-order valence-corrected chi connectivity index (χ4v) is 3.97. The zero-order valence-electron chi connectivity index (χ0n) is 15.3. The van der Waals surface area contributed by atoms with Crippen molar-refractivity contribution in [2.45, 2.75) is 11.9 Å². The van der Waals surface area contributed by atoms with Gasteiger partial charge in [-0.05, 0) is 12.5 Å². The Bertz CT molecular complexity index is 1090. The largest absolute Gasteiger partial charge is 0.525 e. The van der Waals surface area contributed by atoms with Crippen molar-refractivity contribution in [1.29, 1.82) is 0 Å². The van der Waals surface area contributed by atoms with Crippen LogP contribution in [0.15, 0.2) is 30.4 Å². The second-order valence-corrected chi connectivity index (χ2v) is 8.17. The van der Waals surface area contributed by atoms with Crippen molar-refractivity contribution in [2.24, 2.45) is 0 Å². The molecule has 0 atom stereocenters. The number of imide groups is 1. The van der Waals surface area contributed by atoms with E-state index in [1.165, 1.54) is 18.2 Å². The maximum absolute atomic E-state index is 12.8. The third kappa shape index (κ3) is 3.30. The van der Waals surface area contributed by atoms with Gasteiger partial charge in [0.25, 0.3) is 11.8 Å². The van der Waals surface area contributed by atoms with Gasteiger partial charge in [0.05, 0.1) is 18.8 Å². The lowest BCUT2D eigenvalue weighted by atomic mass is 9.89. The molecule has 0 saturated carbocycles. The summed E-state index contributed by atoms with van der Waals surface area (Å²) in [6, 6.07) is 4.51. The first-order valence-electron chi connectivity index (χ1n) is 8.88. The first-order chi connectivity index (χ1) is 14.1. The van der Waals surface area contributed by atoms with Gasteiger partial charge < -0.3 is 9.64 Å². The number of amides is 2. The summed E-state index contributed by atoms with van der Waals surface area (Å²) in [6.07, 6.45) is 3.51. The van der Waals surface area contributed by atoms with Gasteiger partial charge in [-0.15, -0.1) is 9.35 Å². The minimum atomic E-state index is -6.20. The summed E-state index contributed by atoms with van der Waals surface area (Å²) in [7, 11) is -6.20. The predicted molar refractivity (Wildman–Crippen MR) is 96.6 cm³/mol. The van der Waals surface area contributed by atoms with Crippen LogP contribution < -0.4 is 0 Å². The number of alkyl halides is 3. The molecule has 2 amide bonds. The lowest BCUT2D eigenvalue weighted by molar-refractivity contribution is -0.144. The molecule has 1 aromatic carbocycles. The van der Waals surface area contributed by atoms with E-state index >= 15 is 0 Å². The van der Waals surface area contributed by atoms with E-state index in [0.717, 1.165) is 5.70 Å². The highest BCUT2D eigenvalue weighted by atomic mass is 32.2. The number of hydrogen-bond acceptors (Lipinski definition) is 7. The van der Waals surface area contributed by atoms with Crippen LogP contribution in [0.25, 0.3) is 11.3 Å². The van der Waals surface area contributed by atoms with Crippen molar-refractivity contribution >= 4 is 33.2 Å². The second kappa shape index (κ2) is 7.22. The SMILES string of the molecule is O=C1C2=CCC=C(N3CCOCC3)c3cccc(c32)C(=O)N1OS(=O)(=O)C(F)(F)F. The van der Waals surface area contributed by atoms with Gasteiger partial charge in [-0.25, -0.2) is 0 Å². The predicted octanol–water partition coefficient (Wildman–Crippen LogP) is 1.91. The van der Waals surface area contributed by atoms with Gasteiger partial charge in [-0.2, -0.15) is 21.6 Å². The Morgan fingerprint density at radius 2 is 1.67 bits per heavy atom. The fourth-order valence-electron chi connectivity index (χ4n) is 3.55. The highest BCUT2D eigenvalue weighted by Gasteiger charge is 2.52. The quantitative estimate of drug-likeness (QED) is 0.519. The highest BCUT2D eigenvalue weighted by molar-refractivity contribution is 7.87. The fraction of sp³-hybridized carbons (Fsp3) is 0.333. The van der Waals surface area contributed by atoms with Crippen LogP contribution >= 0.6 is 0 Å². The van der Waals surface area contributed by atoms with E-state index in [1.54, 1.807) is 6.07 Å². The summed E-state index contributed by atoms with van der Waals surface area (Å²) >= 11 is 0. The Balaban J connectivity index is 1.79. The third-order valence-corrected chi connectivity index (χ3v) is 5.79. The van der Waals surface area contributed by atoms with Crippen LogP contribution in [0.1, 0.15) is 27.9 Å². The standard InChI is InChI=1S/C18H15F3N2O6S/c19-18(20,21)30(26,27)29-23-16(24)12-4-1-3-11-14(22-7-9-28-10-8-22)6-2-5-13(15(11)12)17(23)25/h1,3-6H,2,7-10H2. The first kappa shape index (κ1) is 20.6. The molecule has 4 rings (SSSR count). The molecular weight excluding hydrogens is 429 g/mol. The molecule has 1 saturated heterocycles. The molecule has 1 aliphatic carbocycles. The Hall–Kier alpha value is -2.70. The Morgan fingerprint density at radius 3 is 2.33 bits per heavy atom. The molecule has 0 aromatic heterocycles. The number of rotatable bonds is 3. The summed E-state index contributed by atoms with van der Waals surface area (Å²) < 4.78 is 70.2. The van der Waals surface area contributed by atoms with Gasteiger partial charge in [-0.3, -0.25) is 9.59 Å². The van der Waals surface area contributed by atoms with Crippen LogP contribution in [0.3, 0.4) is 0 Å². The van der Waals surface area contributed by atoms with Gasteiger partial charge in [0.2, 0.25) is 0 Å². The number of halogens is 3. The van der Waals surface area contributed by atoms with Crippen molar-refractivity contribution in [3.05, 3.63) is 47.0 Å². The minimum Gasteiger partial charge on any atom is -0.378 e. The Kier molecular flexibility index (Phi) is 4.95. The van der Waals surface area contributed by atoms with E-state index in [2.05, 4.69) is 4.28 Å². The molecule has 0 N–H and O–H groups in total. The molecule has 8 nitrogen and oxygen atoms in total. The maximum atomic E-state index is 12.8. The van der Waals surface area contributed by atoms with Crippen molar-refractivity contribution < 1.29 is 40.2 Å². The average Bonchev–Trinajstić information content (AvgIpc) is 2.90. The monoisotopic (exact) mass is 444 g/mol. The first-order valence-corrected chi connectivity index (χ1v) is 10.3. The van der Waals surface area contributed by atoms with E-state index in [-0.39, 0.29) is 28.2 Å².